The molecule has 0 radical (unpaired) electrons. The number of rotatable bonds is 9. The molecule has 0 aliphatic rings. The molecule has 1 N–H and O–H groups in total. The number of furan rings is 1. The van der Waals surface area contributed by atoms with Gasteiger partial charge in [0.2, 0.25) is 5.78 Å². The van der Waals surface area contributed by atoms with E-state index >= 15 is 0 Å². The molecule has 144 valence electrons. The van der Waals surface area contributed by atoms with Gasteiger partial charge < -0.3 is 14.5 Å². The first-order valence-electron chi connectivity index (χ1n) is 8.86. The molecule has 6 heteroatoms. The van der Waals surface area contributed by atoms with E-state index in [9.17, 15) is 9.59 Å². The predicted octanol–water partition coefficient (Wildman–Crippen LogP) is 4.47. The van der Waals surface area contributed by atoms with Gasteiger partial charge in [0.25, 0.3) is 5.91 Å². The Balaban J connectivity index is 1.47. The van der Waals surface area contributed by atoms with Crippen molar-refractivity contribution in [2.45, 2.75) is 6.61 Å². The second kappa shape index (κ2) is 10.0. The van der Waals surface area contributed by atoms with E-state index in [0.29, 0.717) is 36.8 Å². The zero-order valence-corrected chi connectivity index (χ0v) is 16.8. The van der Waals surface area contributed by atoms with E-state index in [0.717, 1.165) is 11.1 Å². The highest BCUT2D eigenvalue weighted by Gasteiger charge is 2.11. The zero-order valence-electron chi connectivity index (χ0n) is 15.2. The Morgan fingerprint density at radius 1 is 0.964 bits per heavy atom. The number of ketones is 1. The van der Waals surface area contributed by atoms with E-state index < -0.39 is 0 Å². The van der Waals surface area contributed by atoms with Gasteiger partial charge in [-0.2, -0.15) is 0 Å². The number of hydrogen-bond donors (Lipinski definition) is 1. The second-order valence-electron chi connectivity index (χ2n) is 6.09. The highest BCUT2D eigenvalue weighted by molar-refractivity contribution is 9.09. The van der Waals surface area contributed by atoms with Crippen LogP contribution in [0.4, 0.5) is 0 Å². The Hall–Kier alpha value is -2.70. The van der Waals surface area contributed by atoms with Crippen molar-refractivity contribution in [3.05, 3.63) is 83.6 Å². The highest BCUT2D eigenvalue weighted by Crippen LogP contribution is 2.23. The lowest BCUT2D eigenvalue weighted by Gasteiger charge is -2.07. The molecule has 0 saturated carbocycles. The lowest BCUT2D eigenvalue weighted by Crippen LogP contribution is -2.27. The quantitative estimate of drug-likeness (QED) is 0.302. The average Bonchev–Trinajstić information content (AvgIpc) is 3.24. The van der Waals surface area contributed by atoms with E-state index in [1.807, 2.05) is 30.3 Å². The number of ether oxygens (including phenoxy) is 1. The van der Waals surface area contributed by atoms with Gasteiger partial charge in [-0.3, -0.25) is 9.59 Å². The molecule has 5 nitrogen and oxygen atoms in total. The lowest BCUT2D eigenvalue weighted by molar-refractivity contribution is 0.0900. The van der Waals surface area contributed by atoms with E-state index in [-0.39, 0.29) is 17.0 Å². The summed E-state index contributed by atoms with van der Waals surface area (Å²) in [6.45, 7) is 1.40. The molecule has 0 fully saturated rings. The van der Waals surface area contributed by atoms with Crippen LogP contribution in [-0.2, 0) is 11.3 Å². The number of Topliss-reactive ketones (excluding diaryl/α,β-unsaturated/α-hetero) is 1. The molecule has 0 aliphatic carbocycles. The molecule has 0 unspecified atom stereocenters. The average molecular weight is 442 g/mol. The van der Waals surface area contributed by atoms with Crippen molar-refractivity contribution in [2.24, 2.45) is 0 Å². The van der Waals surface area contributed by atoms with Gasteiger partial charge >= 0.3 is 0 Å². The first-order chi connectivity index (χ1) is 13.7. The van der Waals surface area contributed by atoms with Gasteiger partial charge in [0.05, 0.1) is 18.5 Å². The van der Waals surface area contributed by atoms with Crippen molar-refractivity contribution in [2.75, 3.05) is 18.5 Å². The van der Waals surface area contributed by atoms with Crippen molar-refractivity contribution < 1.29 is 18.7 Å². The molecule has 0 atom stereocenters. The summed E-state index contributed by atoms with van der Waals surface area (Å²) < 4.78 is 11.1. The first kappa shape index (κ1) is 20.0. The number of hydrogen-bond acceptors (Lipinski definition) is 4. The van der Waals surface area contributed by atoms with Crippen LogP contribution in [0.1, 0.15) is 26.5 Å². The number of carbonyl (C=O) groups is 2. The topological polar surface area (TPSA) is 68.5 Å². The molecule has 1 amide bonds. The summed E-state index contributed by atoms with van der Waals surface area (Å²) in [4.78, 5) is 23.8. The third kappa shape index (κ3) is 5.41. The van der Waals surface area contributed by atoms with Gasteiger partial charge in [0.15, 0.2) is 5.76 Å². The highest BCUT2D eigenvalue weighted by atomic mass is 79.9. The van der Waals surface area contributed by atoms with Gasteiger partial charge in [-0.25, -0.2) is 0 Å². The monoisotopic (exact) mass is 441 g/mol. The maximum Gasteiger partial charge on any atom is 0.251 e. The fourth-order valence-electron chi connectivity index (χ4n) is 2.60. The molecule has 2 aromatic carbocycles. The van der Waals surface area contributed by atoms with Gasteiger partial charge in [-0.05, 0) is 29.8 Å². The standard InChI is InChI=1S/C22H20BrNO4/c23-14-19(25)21-11-10-20(28-21)17-6-8-18(9-7-17)22(26)24-12-13-27-15-16-4-2-1-3-5-16/h1-11H,12-15H2,(H,24,26). The molecule has 0 saturated heterocycles. The Kier molecular flexibility index (Phi) is 7.17. The molecule has 0 spiro atoms. The van der Waals surface area contributed by atoms with E-state index in [1.165, 1.54) is 0 Å². The largest absolute Gasteiger partial charge is 0.453 e. The molecule has 1 heterocycles. The van der Waals surface area contributed by atoms with Crippen molar-refractivity contribution in [1.29, 1.82) is 0 Å². The van der Waals surface area contributed by atoms with Gasteiger partial charge in [-0.15, -0.1) is 0 Å². The number of alkyl halides is 1. The molecule has 3 aromatic rings. The van der Waals surface area contributed by atoms with Crippen LogP contribution in [0.3, 0.4) is 0 Å². The smallest absolute Gasteiger partial charge is 0.251 e. The molecule has 3 rings (SSSR count). The number of amides is 1. The van der Waals surface area contributed by atoms with Gasteiger partial charge in [0.1, 0.15) is 5.76 Å². The van der Waals surface area contributed by atoms with Gasteiger partial charge in [-0.1, -0.05) is 58.4 Å². The van der Waals surface area contributed by atoms with Crippen molar-refractivity contribution in [3.8, 4) is 11.3 Å². The number of benzene rings is 2. The Bertz CT molecular complexity index is 919. The first-order valence-corrected chi connectivity index (χ1v) is 9.99. The molecule has 0 bridgehead atoms. The van der Waals surface area contributed by atoms with Crippen molar-refractivity contribution in [3.63, 3.8) is 0 Å². The number of halogens is 1. The summed E-state index contributed by atoms with van der Waals surface area (Å²) in [7, 11) is 0. The minimum absolute atomic E-state index is 0.114. The fraction of sp³-hybridized carbons (Fsp3) is 0.182. The van der Waals surface area contributed by atoms with Crippen LogP contribution in [0.5, 0.6) is 0 Å². The van der Waals surface area contributed by atoms with Gasteiger partial charge in [0, 0.05) is 17.7 Å². The third-order valence-electron chi connectivity index (χ3n) is 4.08. The van der Waals surface area contributed by atoms with Crippen LogP contribution in [0, 0.1) is 0 Å². The maximum absolute atomic E-state index is 12.2. The molecular weight excluding hydrogens is 422 g/mol. The van der Waals surface area contributed by atoms with Crippen LogP contribution in [0.15, 0.2) is 71.1 Å². The second-order valence-corrected chi connectivity index (χ2v) is 6.65. The molecule has 1 aromatic heterocycles. The summed E-state index contributed by atoms with van der Waals surface area (Å²) in [5.41, 5.74) is 2.45. The summed E-state index contributed by atoms with van der Waals surface area (Å²) >= 11 is 3.12. The number of nitrogens with one attached hydrogen (secondary N) is 1. The third-order valence-corrected chi connectivity index (χ3v) is 4.59. The fourth-order valence-corrected chi connectivity index (χ4v) is 2.87. The SMILES string of the molecule is O=C(NCCOCc1ccccc1)c1ccc(-c2ccc(C(=O)CBr)o2)cc1. The summed E-state index contributed by atoms with van der Waals surface area (Å²) in [6.07, 6.45) is 0. The Morgan fingerprint density at radius 2 is 1.71 bits per heavy atom. The van der Waals surface area contributed by atoms with Crippen molar-refractivity contribution in [1.82, 2.24) is 5.32 Å². The summed E-state index contributed by atoms with van der Waals surface area (Å²) in [5, 5.41) is 3.05. The van der Waals surface area contributed by atoms with E-state index in [2.05, 4.69) is 21.2 Å². The Labute approximate surface area is 171 Å². The van der Waals surface area contributed by atoms with E-state index in [4.69, 9.17) is 9.15 Å². The van der Waals surface area contributed by atoms with Crippen LogP contribution in [0.2, 0.25) is 0 Å². The maximum atomic E-state index is 12.2. The van der Waals surface area contributed by atoms with Crippen LogP contribution >= 0.6 is 15.9 Å². The minimum atomic E-state index is -0.163. The van der Waals surface area contributed by atoms with Crippen LogP contribution < -0.4 is 5.32 Å². The Morgan fingerprint density at radius 3 is 2.43 bits per heavy atom. The predicted molar refractivity (Wildman–Crippen MR) is 111 cm³/mol. The lowest BCUT2D eigenvalue weighted by atomic mass is 10.1. The minimum Gasteiger partial charge on any atom is -0.453 e. The molecule has 28 heavy (non-hydrogen) atoms. The van der Waals surface area contributed by atoms with Crippen molar-refractivity contribution >= 4 is 27.6 Å². The summed E-state index contributed by atoms with van der Waals surface area (Å²) in [5.74, 6) is 0.621. The molecular formula is C22H20BrNO4. The zero-order chi connectivity index (χ0) is 19.8. The number of carbonyl (C=O) groups excluding carboxylic acids is 2. The van der Waals surface area contributed by atoms with Crippen LogP contribution in [0.25, 0.3) is 11.3 Å². The molecule has 0 aliphatic heterocycles. The normalized spacial score (nSPS) is 10.6. The van der Waals surface area contributed by atoms with Crippen LogP contribution in [-0.4, -0.2) is 30.2 Å². The van der Waals surface area contributed by atoms with E-state index in [1.54, 1.807) is 36.4 Å². The summed E-state index contributed by atoms with van der Waals surface area (Å²) in [6, 6.07) is 20.3.